The molecule has 0 aromatic heterocycles. The number of benzene rings is 4. The fraction of sp³-hybridized carbons (Fsp3) is 0.294. The first-order valence-electron chi connectivity index (χ1n) is 14.5. The van der Waals surface area contributed by atoms with Crippen LogP contribution in [0.15, 0.2) is 117 Å². The predicted octanol–water partition coefficient (Wildman–Crippen LogP) is 6.40. The molecule has 0 saturated carbocycles. The van der Waals surface area contributed by atoms with E-state index in [9.17, 15) is 16.8 Å². The summed E-state index contributed by atoms with van der Waals surface area (Å²) in [5, 5.41) is 0. The van der Waals surface area contributed by atoms with E-state index < -0.39 is 19.7 Å². The topological polar surface area (TPSA) is 114 Å². The van der Waals surface area contributed by atoms with Gasteiger partial charge >= 0.3 is 0 Å². The molecule has 11 heteroatoms. The molecule has 4 aromatic rings. The van der Waals surface area contributed by atoms with E-state index in [2.05, 4.69) is 0 Å². The normalized spacial score (nSPS) is 11.9. The molecule has 0 aliphatic rings. The van der Waals surface area contributed by atoms with E-state index in [1.54, 1.807) is 48.5 Å². The van der Waals surface area contributed by atoms with Gasteiger partial charge in [0.25, 0.3) is 0 Å². The molecule has 0 aliphatic heterocycles. The highest BCUT2D eigenvalue weighted by Gasteiger charge is 2.19. The maximum Gasteiger partial charge on any atom is 0.206 e. The van der Waals surface area contributed by atoms with Crippen LogP contribution in [0.1, 0.15) is 27.7 Å². The molecule has 4 aromatic carbocycles. The van der Waals surface area contributed by atoms with Crippen LogP contribution in [0.4, 0.5) is 0 Å². The van der Waals surface area contributed by atoms with Gasteiger partial charge in [0.1, 0.15) is 36.2 Å². The van der Waals surface area contributed by atoms with Gasteiger partial charge in [-0.2, -0.15) is 0 Å². The van der Waals surface area contributed by atoms with Crippen LogP contribution in [0.25, 0.3) is 0 Å². The Bertz CT molecular complexity index is 1580. The molecule has 4 rings (SSSR count). The number of sulfone groups is 2. The highest BCUT2D eigenvalue weighted by molar-refractivity contribution is 7.91. The zero-order valence-corrected chi connectivity index (χ0v) is 27.3. The van der Waals surface area contributed by atoms with Crippen LogP contribution in [-0.4, -0.2) is 55.5 Å². The summed E-state index contributed by atoms with van der Waals surface area (Å²) >= 11 is 0. The van der Waals surface area contributed by atoms with Gasteiger partial charge in [-0.15, -0.1) is 0 Å². The summed E-state index contributed by atoms with van der Waals surface area (Å²) in [4.78, 5) is 0.694. The molecule has 0 atom stereocenters. The second-order valence-electron chi connectivity index (χ2n) is 10.5. The Labute approximate surface area is 265 Å². The van der Waals surface area contributed by atoms with Gasteiger partial charge in [-0.1, -0.05) is 0 Å². The molecule has 0 unspecified atom stereocenters. The summed E-state index contributed by atoms with van der Waals surface area (Å²) in [6.45, 7) is 8.74. The van der Waals surface area contributed by atoms with Crippen LogP contribution in [0.5, 0.6) is 23.0 Å². The van der Waals surface area contributed by atoms with Crippen molar-refractivity contribution >= 4 is 19.7 Å². The van der Waals surface area contributed by atoms with E-state index in [4.69, 9.17) is 23.7 Å². The van der Waals surface area contributed by atoms with Gasteiger partial charge in [0, 0.05) is 0 Å². The molecular formula is C34H38O9S2. The fourth-order valence-corrected chi connectivity index (χ4v) is 6.70. The van der Waals surface area contributed by atoms with E-state index in [0.717, 1.165) is 0 Å². The van der Waals surface area contributed by atoms with Crippen molar-refractivity contribution < 1.29 is 40.5 Å². The Balaban J connectivity index is 1.17. The Kier molecular flexibility index (Phi) is 11.5. The molecule has 0 N–H and O–H groups in total. The zero-order chi connectivity index (χ0) is 32.5. The molecule has 9 nitrogen and oxygen atoms in total. The summed E-state index contributed by atoms with van der Waals surface area (Å²) in [5.41, 5.74) is 0. The zero-order valence-electron chi connectivity index (χ0n) is 25.7. The Hall–Kier alpha value is -4.06. The van der Waals surface area contributed by atoms with Crippen LogP contribution in [0, 0.1) is 0 Å². The molecule has 0 heterocycles. The summed E-state index contributed by atoms with van der Waals surface area (Å²) in [7, 11) is -7.34. The molecule has 0 radical (unpaired) electrons. The molecular weight excluding hydrogens is 616 g/mol. The number of ether oxygens (including phenoxy) is 5. The van der Waals surface area contributed by atoms with Gasteiger partial charge in [-0.05, 0) is 125 Å². The third-order valence-corrected chi connectivity index (χ3v) is 9.84. The first-order valence-corrected chi connectivity index (χ1v) is 17.5. The molecule has 45 heavy (non-hydrogen) atoms. The first kappa shape index (κ1) is 33.8. The minimum atomic E-state index is -3.67. The van der Waals surface area contributed by atoms with Crippen molar-refractivity contribution in [1.82, 2.24) is 0 Å². The predicted molar refractivity (Wildman–Crippen MR) is 170 cm³/mol. The molecule has 0 spiro atoms. The van der Waals surface area contributed by atoms with Crippen LogP contribution >= 0.6 is 0 Å². The lowest BCUT2D eigenvalue weighted by molar-refractivity contribution is 0.0764. The van der Waals surface area contributed by atoms with Gasteiger partial charge < -0.3 is 23.7 Å². The molecule has 0 amide bonds. The van der Waals surface area contributed by atoms with Crippen LogP contribution in [0.2, 0.25) is 0 Å². The van der Waals surface area contributed by atoms with Crippen molar-refractivity contribution in [3.8, 4) is 23.0 Å². The van der Waals surface area contributed by atoms with Crippen LogP contribution in [-0.2, 0) is 24.4 Å². The second kappa shape index (κ2) is 15.3. The van der Waals surface area contributed by atoms with E-state index in [-0.39, 0.29) is 45.0 Å². The van der Waals surface area contributed by atoms with E-state index in [0.29, 0.717) is 36.2 Å². The lowest BCUT2D eigenvalue weighted by atomic mass is 10.3. The lowest BCUT2D eigenvalue weighted by Gasteiger charge is -2.11. The molecule has 0 saturated heterocycles. The minimum absolute atomic E-state index is 0.00164. The number of rotatable bonds is 16. The van der Waals surface area contributed by atoms with Gasteiger partial charge in [0.05, 0.1) is 45.0 Å². The first-order chi connectivity index (χ1) is 21.4. The van der Waals surface area contributed by atoms with Crippen molar-refractivity contribution in [3.05, 3.63) is 97.1 Å². The van der Waals surface area contributed by atoms with Gasteiger partial charge in [0.15, 0.2) is 0 Å². The smallest absolute Gasteiger partial charge is 0.206 e. The van der Waals surface area contributed by atoms with Gasteiger partial charge in [-0.3, -0.25) is 0 Å². The van der Waals surface area contributed by atoms with Crippen LogP contribution in [0.3, 0.4) is 0 Å². The summed E-state index contributed by atoms with van der Waals surface area (Å²) in [6, 6.07) is 25.1. The van der Waals surface area contributed by atoms with Crippen molar-refractivity contribution in [3.63, 3.8) is 0 Å². The Morgan fingerprint density at radius 3 is 0.956 bits per heavy atom. The molecule has 0 fully saturated rings. The summed E-state index contributed by atoms with van der Waals surface area (Å²) in [5.74, 6) is 2.26. The molecule has 240 valence electrons. The van der Waals surface area contributed by atoms with Gasteiger partial charge in [-0.25, -0.2) is 16.8 Å². The third kappa shape index (κ3) is 9.46. The van der Waals surface area contributed by atoms with Crippen molar-refractivity contribution in [2.45, 2.75) is 59.5 Å². The van der Waals surface area contributed by atoms with Crippen LogP contribution < -0.4 is 18.9 Å². The SMILES string of the molecule is CC(C)Oc1ccc(S(=O)(=O)c2ccc(OCCOCCOc3ccc(S(=O)(=O)c4ccc(OC(C)C)cc4)cc3)cc2)cc1. The highest BCUT2D eigenvalue weighted by Crippen LogP contribution is 2.27. The monoisotopic (exact) mass is 654 g/mol. The summed E-state index contributed by atoms with van der Waals surface area (Å²) in [6.07, 6.45) is -0.00328. The van der Waals surface area contributed by atoms with E-state index in [1.165, 1.54) is 48.5 Å². The third-order valence-electron chi connectivity index (χ3n) is 6.27. The van der Waals surface area contributed by atoms with E-state index >= 15 is 0 Å². The molecule has 0 bridgehead atoms. The van der Waals surface area contributed by atoms with E-state index in [1.807, 2.05) is 27.7 Å². The van der Waals surface area contributed by atoms with Crippen molar-refractivity contribution in [1.29, 1.82) is 0 Å². The Morgan fingerprint density at radius 1 is 0.422 bits per heavy atom. The summed E-state index contributed by atoms with van der Waals surface area (Å²) < 4.78 is 79.8. The fourth-order valence-electron chi connectivity index (χ4n) is 4.18. The Morgan fingerprint density at radius 2 is 0.689 bits per heavy atom. The second-order valence-corrected chi connectivity index (χ2v) is 14.4. The average molecular weight is 655 g/mol. The number of hydrogen-bond donors (Lipinski definition) is 0. The average Bonchev–Trinajstić information content (AvgIpc) is 3.01. The largest absolute Gasteiger partial charge is 0.491 e. The van der Waals surface area contributed by atoms with Crippen molar-refractivity contribution in [2.75, 3.05) is 26.4 Å². The lowest BCUT2D eigenvalue weighted by Crippen LogP contribution is -2.12. The quantitative estimate of drug-likeness (QED) is 0.127. The maximum atomic E-state index is 13.0. The number of hydrogen-bond acceptors (Lipinski definition) is 9. The highest BCUT2D eigenvalue weighted by atomic mass is 32.2. The van der Waals surface area contributed by atoms with Gasteiger partial charge in [0.2, 0.25) is 19.7 Å². The standard InChI is InChI=1S/C34H38O9S2/c1-25(2)42-29-9-17-33(18-10-29)44(35,36)31-13-5-27(6-14-31)40-23-21-39-22-24-41-28-7-15-32(16-8-28)45(37,38)34-19-11-30(12-20-34)43-26(3)4/h5-20,25-26H,21-24H2,1-4H3. The molecule has 0 aliphatic carbocycles. The van der Waals surface area contributed by atoms with Crippen molar-refractivity contribution in [2.24, 2.45) is 0 Å². The minimum Gasteiger partial charge on any atom is -0.491 e. The maximum absolute atomic E-state index is 13.0.